The summed E-state index contributed by atoms with van der Waals surface area (Å²) in [7, 11) is 0. The third kappa shape index (κ3) is 26.8. The van der Waals surface area contributed by atoms with Gasteiger partial charge in [0.1, 0.15) is 22.8 Å². The Hall–Kier alpha value is -4.60. The molecule has 0 bridgehead atoms. The van der Waals surface area contributed by atoms with Crippen LogP contribution >= 0.6 is 0 Å². The topological polar surface area (TPSA) is 160 Å². The van der Waals surface area contributed by atoms with Crippen LogP contribution in [0.15, 0.2) is 73.3 Å². The summed E-state index contributed by atoms with van der Waals surface area (Å²) in [4.78, 5) is 0. The van der Waals surface area contributed by atoms with Crippen molar-refractivity contribution in [3.05, 3.63) is 119 Å². The van der Waals surface area contributed by atoms with Gasteiger partial charge in [0, 0.05) is 24.8 Å². The van der Waals surface area contributed by atoms with E-state index in [-0.39, 0.29) is 92.5 Å². The van der Waals surface area contributed by atoms with Crippen molar-refractivity contribution in [3.63, 3.8) is 0 Å². The molecule has 0 aliphatic rings. The van der Waals surface area contributed by atoms with Crippen LogP contribution in [0.2, 0.25) is 0 Å². The predicted molar refractivity (Wildman–Crippen MR) is 154 cm³/mol. The number of halogens is 24. The molecule has 6 aromatic rings. The van der Waals surface area contributed by atoms with Crippen LogP contribution in [0.5, 0.6) is 0 Å². The number of hydrogen-bond acceptors (Lipinski definition) is 8. The average Bonchev–Trinajstić information content (AvgIpc) is 3.99. The van der Waals surface area contributed by atoms with Gasteiger partial charge >= 0.3 is 118 Å². The molecule has 0 radical (unpaired) electrons. The van der Waals surface area contributed by atoms with E-state index in [4.69, 9.17) is 0 Å². The van der Waals surface area contributed by atoms with Gasteiger partial charge in [-0.1, -0.05) is 0 Å². The number of nitrogens with zero attached hydrogens (tertiary/aromatic N) is 12. The second kappa shape index (κ2) is 28.2. The van der Waals surface area contributed by atoms with E-state index in [1.807, 2.05) is 24.3 Å². The zero-order chi connectivity index (χ0) is 49.6. The smallest absolute Gasteiger partial charge is 0.571 e. The Labute approximate surface area is 401 Å². The third-order valence-electron chi connectivity index (χ3n) is 5.45. The van der Waals surface area contributed by atoms with Crippen molar-refractivity contribution in [1.29, 1.82) is 0 Å². The van der Waals surface area contributed by atoms with E-state index < -0.39 is 95.0 Å². The summed E-state index contributed by atoms with van der Waals surface area (Å²) in [5, 5.41) is 33.0. The van der Waals surface area contributed by atoms with Crippen molar-refractivity contribution >= 4 is 0 Å². The van der Waals surface area contributed by atoms with Crippen molar-refractivity contribution < 1.29 is 174 Å². The Morgan fingerprint density at radius 2 is 0.397 bits per heavy atom. The Kier molecular flexibility index (Phi) is 29.0. The fourth-order valence-corrected chi connectivity index (χ4v) is 2.79. The van der Waals surface area contributed by atoms with Gasteiger partial charge in [-0.15, -0.1) is 0 Å². The van der Waals surface area contributed by atoms with Crippen molar-refractivity contribution in [2.45, 2.75) is 49.4 Å². The summed E-state index contributed by atoms with van der Waals surface area (Å²) in [5.41, 5.74) is -13.1. The maximum Gasteiger partial charge on any atom is 1.00 e. The summed E-state index contributed by atoms with van der Waals surface area (Å²) in [6.07, 6.45) is -32.6. The van der Waals surface area contributed by atoms with Gasteiger partial charge in [-0.25, -0.2) is 0 Å². The Morgan fingerprint density at radius 3 is 0.456 bits per heavy atom. The number of hydrogen-bond donors (Lipinski definition) is 0. The molecule has 0 spiro atoms. The molecule has 6 rings (SSSR count). The van der Waals surface area contributed by atoms with Crippen molar-refractivity contribution in [2.75, 3.05) is 0 Å². The molecule has 6 aromatic heterocycles. The minimum Gasteiger partial charge on any atom is -0.571 e. The first-order valence-corrected chi connectivity index (χ1v) is 14.9. The minimum absolute atomic E-state index is 0. The Morgan fingerprint density at radius 1 is 0.250 bits per heavy atom. The molecule has 0 N–H and O–H groups in total. The molecule has 0 aliphatic heterocycles. The van der Waals surface area contributed by atoms with Crippen LogP contribution in [0, 0.1) is 0 Å². The van der Waals surface area contributed by atoms with Gasteiger partial charge in [-0.3, -0.25) is 0 Å². The molecule has 68 heavy (non-hydrogen) atoms. The molecule has 0 unspecified atom stereocenters. The van der Waals surface area contributed by atoms with Crippen LogP contribution in [-0.4, -0.2) is 40.8 Å². The number of alkyl halides is 24. The molecule has 12 nitrogen and oxygen atoms in total. The molecular formula is C28H12Cu4F24N12. The molecular weight excluding hydrogens is 1210 g/mol. The summed E-state index contributed by atoms with van der Waals surface area (Å²) < 4.78 is 281. The Balaban J connectivity index is -0.000000364. The molecule has 0 aliphatic carbocycles. The third-order valence-corrected chi connectivity index (χ3v) is 5.45. The fourth-order valence-electron chi connectivity index (χ4n) is 2.79. The first-order valence-electron chi connectivity index (χ1n) is 14.9. The summed E-state index contributed by atoms with van der Waals surface area (Å²) >= 11 is 0. The van der Waals surface area contributed by atoms with Crippen LogP contribution in [0.1, 0.15) is 45.6 Å². The predicted octanol–water partition coefficient (Wildman–Crippen LogP) is 9.25. The van der Waals surface area contributed by atoms with Crippen LogP contribution in [0.4, 0.5) is 105 Å². The second-order valence-electron chi connectivity index (χ2n) is 10.3. The summed E-state index contributed by atoms with van der Waals surface area (Å²) in [6.45, 7) is 0. The summed E-state index contributed by atoms with van der Waals surface area (Å²) in [5.74, 6) is 0. The van der Waals surface area contributed by atoms with Crippen LogP contribution in [-0.2, 0) is 118 Å². The largest absolute Gasteiger partial charge is 1.00 e. The molecule has 0 fully saturated rings. The zero-order valence-corrected chi connectivity index (χ0v) is 34.3. The van der Waals surface area contributed by atoms with E-state index in [9.17, 15) is 105 Å². The van der Waals surface area contributed by atoms with Crippen LogP contribution < -0.4 is 20.4 Å². The van der Waals surface area contributed by atoms with E-state index in [1.165, 1.54) is 0 Å². The van der Waals surface area contributed by atoms with Crippen molar-refractivity contribution in [3.8, 4) is 0 Å². The molecule has 6 heterocycles. The van der Waals surface area contributed by atoms with E-state index >= 15 is 0 Å². The maximum absolute atomic E-state index is 11.7. The van der Waals surface area contributed by atoms with Gasteiger partial charge in [-0.05, 0) is 71.3 Å². The quantitative estimate of drug-likeness (QED) is 0.105. The molecule has 0 aromatic carbocycles. The van der Waals surface area contributed by atoms with Gasteiger partial charge in [0.05, 0.1) is 0 Å². The molecule has 396 valence electrons. The van der Waals surface area contributed by atoms with E-state index in [1.54, 1.807) is 24.8 Å². The second-order valence-corrected chi connectivity index (χ2v) is 10.3. The number of aromatic nitrogens is 12. The van der Waals surface area contributed by atoms with Gasteiger partial charge < -0.3 is 40.8 Å². The minimum atomic E-state index is -4.89. The Bertz CT molecular complexity index is 1760. The SMILES string of the molecule is FC(F)(F)c1cc(C(F)(F)F)[n-]n1.FC(F)(F)c1cc(C(F)(F)F)[n-]n1.FC(F)(F)c1cc(C(F)(F)F)[n-]n1.FC(F)(F)c1cc(C(F)(F)F)[n-]n1.[Cu+].[Cu+].[Cu+].[Cu+].c1ccnnc1.c1ccnnc1. The molecule has 0 saturated carbocycles. The fraction of sp³-hybridized carbons (Fsp3) is 0.286. The van der Waals surface area contributed by atoms with Crippen molar-refractivity contribution in [2.24, 2.45) is 0 Å². The van der Waals surface area contributed by atoms with Crippen LogP contribution in [0.3, 0.4) is 0 Å². The summed E-state index contributed by atoms with van der Waals surface area (Å²) in [6, 6.07) is 6.75. The monoisotopic (exact) mass is 1220 g/mol. The van der Waals surface area contributed by atoms with Gasteiger partial charge in [0.2, 0.25) is 0 Å². The van der Waals surface area contributed by atoms with Gasteiger partial charge in [-0.2, -0.15) is 126 Å². The van der Waals surface area contributed by atoms with E-state index in [0.717, 1.165) is 0 Å². The number of rotatable bonds is 0. The molecule has 40 heteroatoms. The van der Waals surface area contributed by atoms with Gasteiger partial charge in [0.25, 0.3) is 0 Å². The molecule has 0 saturated heterocycles. The average molecular weight is 1230 g/mol. The normalized spacial score (nSPS) is 11.6. The first-order chi connectivity index (χ1) is 28.8. The van der Waals surface area contributed by atoms with Crippen LogP contribution in [0.25, 0.3) is 0 Å². The van der Waals surface area contributed by atoms with Crippen molar-refractivity contribution in [1.82, 2.24) is 61.2 Å². The van der Waals surface area contributed by atoms with E-state index in [0.29, 0.717) is 0 Å². The maximum atomic E-state index is 11.7. The molecule has 0 atom stereocenters. The zero-order valence-electron chi connectivity index (χ0n) is 30.6. The first kappa shape index (κ1) is 70.0. The van der Waals surface area contributed by atoms with E-state index in [2.05, 4.69) is 61.2 Å². The standard InChI is InChI=1S/4C5HF6N2.2C4H4N2.4Cu/c4*6-4(7,8)2-1-3(13-12-2)5(9,10)11;2*1-2-4-6-5-3-1;;;;/h4*1H;2*1-4H;;;;/q4*-1;;;4*+1. The van der Waals surface area contributed by atoms with Gasteiger partial charge in [0.15, 0.2) is 0 Å². The molecule has 0 amide bonds.